The van der Waals surface area contributed by atoms with Gasteiger partial charge in [0.2, 0.25) is 0 Å². The maximum Gasteiger partial charge on any atom is 0.325 e. The summed E-state index contributed by atoms with van der Waals surface area (Å²) in [4.78, 5) is 13.9. The highest BCUT2D eigenvalue weighted by Crippen LogP contribution is 2.37. The van der Waals surface area contributed by atoms with Crippen LogP contribution in [0.1, 0.15) is 30.0 Å². The Bertz CT molecular complexity index is 504. The van der Waals surface area contributed by atoms with E-state index in [1.165, 1.54) is 0 Å². The molecule has 0 aromatic heterocycles. The summed E-state index contributed by atoms with van der Waals surface area (Å²) in [6.45, 7) is 3.83. The molecule has 0 saturated carbocycles. The molecule has 0 spiro atoms. The quantitative estimate of drug-likeness (QED) is 0.859. The zero-order valence-electron chi connectivity index (χ0n) is 11.8. The molecule has 1 aliphatic carbocycles. The van der Waals surface area contributed by atoms with Crippen LogP contribution in [0.4, 0.5) is 0 Å². The van der Waals surface area contributed by atoms with Gasteiger partial charge in [-0.1, -0.05) is 42.0 Å². The lowest BCUT2D eigenvalue weighted by Crippen LogP contribution is -2.32. The first-order valence-electron chi connectivity index (χ1n) is 7.33. The van der Waals surface area contributed by atoms with Gasteiger partial charge in [-0.15, -0.1) is 0 Å². The fourth-order valence-electron chi connectivity index (χ4n) is 3.52. The van der Waals surface area contributed by atoms with Gasteiger partial charge in [-0.3, -0.25) is 9.69 Å². The highest BCUT2D eigenvalue weighted by atomic mass is 16.4. The fraction of sp³-hybridized carbons (Fsp3) is 0.471. The molecular weight excluding hydrogens is 250 g/mol. The van der Waals surface area contributed by atoms with E-state index in [-0.39, 0.29) is 0 Å². The lowest BCUT2D eigenvalue weighted by molar-refractivity contribution is -0.143. The van der Waals surface area contributed by atoms with Crippen molar-refractivity contribution in [3.63, 3.8) is 0 Å². The van der Waals surface area contributed by atoms with Crippen LogP contribution in [0.5, 0.6) is 0 Å². The maximum absolute atomic E-state index is 11.7. The minimum Gasteiger partial charge on any atom is -0.480 e. The molecule has 0 bridgehead atoms. The van der Waals surface area contributed by atoms with E-state index in [9.17, 15) is 9.90 Å². The Morgan fingerprint density at radius 3 is 2.20 bits per heavy atom. The van der Waals surface area contributed by atoms with E-state index in [0.29, 0.717) is 11.8 Å². The maximum atomic E-state index is 11.7. The van der Waals surface area contributed by atoms with Gasteiger partial charge in [0.1, 0.15) is 6.04 Å². The average molecular weight is 271 g/mol. The van der Waals surface area contributed by atoms with Gasteiger partial charge in [0, 0.05) is 13.1 Å². The summed E-state index contributed by atoms with van der Waals surface area (Å²) in [5, 5.41) is 9.63. The third-order valence-corrected chi connectivity index (χ3v) is 4.64. The number of carboxylic acid groups (broad SMARTS) is 1. The highest BCUT2D eigenvalue weighted by molar-refractivity contribution is 5.75. The second-order valence-electron chi connectivity index (χ2n) is 6.07. The van der Waals surface area contributed by atoms with E-state index in [0.717, 1.165) is 37.1 Å². The zero-order chi connectivity index (χ0) is 14.1. The predicted molar refractivity (Wildman–Crippen MR) is 78.5 cm³/mol. The number of nitrogens with zero attached hydrogens (tertiary/aromatic N) is 1. The number of carboxylic acids is 1. The molecule has 1 saturated heterocycles. The number of likely N-dealkylation sites (tertiary alicyclic amines) is 1. The predicted octanol–water partition coefficient (Wildman–Crippen LogP) is 3.02. The Morgan fingerprint density at radius 1 is 1.15 bits per heavy atom. The number of hydrogen-bond donors (Lipinski definition) is 1. The van der Waals surface area contributed by atoms with Crippen molar-refractivity contribution in [3.8, 4) is 0 Å². The molecule has 106 valence electrons. The van der Waals surface area contributed by atoms with E-state index in [4.69, 9.17) is 0 Å². The van der Waals surface area contributed by atoms with Gasteiger partial charge in [-0.05, 0) is 37.2 Å². The summed E-state index contributed by atoms with van der Waals surface area (Å²) in [5.74, 6) is 0.528. The van der Waals surface area contributed by atoms with Crippen LogP contribution in [0.3, 0.4) is 0 Å². The number of carbonyl (C=O) groups is 1. The molecule has 0 amide bonds. The molecule has 1 N–H and O–H groups in total. The third kappa shape index (κ3) is 2.50. The normalized spacial score (nSPS) is 27.2. The topological polar surface area (TPSA) is 40.5 Å². The molecule has 3 rings (SSSR count). The summed E-state index contributed by atoms with van der Waals surface area (Å²) in [7, 11) is 0. The van der Waals surface area contributed by atoms with Gasteiger partial charge in [-0.25, -0.2) is 0 Å². The van der Waals surface area contributed by atoms with E-state index in [2.05, 4.69) is 17.1 Å². The van der Waals surface area contributed by atoms with Crippen LogP contribution in [0, 0.1) is 18.8 Å². The van der Waals surface area contributed by atoms with Crippen LogP contribution in [-0.2, 0) is 4.79 Å². The minimum absolute atomic E-state index is 0.499. The summed E-state index contributed by atoms with van der Waals surface area (Å²) in [6, 6.07) is 7.40. The first-order valence-corrected chi connectivity index (χ1v) is 7.33. The summed E-state index contributed by atoms with van der Waals surface area (Å²) in [5.41, 5.74) is 2.06. The molecule has 1 aromatic rings. The summed E-state index contributed by atoms with van der Waals surface area (Å²) >= 11 is 0. The second-order valence-corrected chi connectivity index (χ2v) is 6.07. The van der Waals surface area contributed by atoms with Crippen molar-refractivity contribution in [2.75, 3.05) is 13.1 Å². The molecule has 3 nitrogen and oxygen atoms in total. The zero-order valence-corrected chi connectivity index (χ0v) is 11.8. The molecule has 3 atom stereocenters. The molecule has 0 radical (unpaired) electrons. The van der Waals surface area contributed by atoms with Crippen LogP contribution in [0.15, 0.2) is 36.4 Å². The Labute approximate surface area is 119 Å². The van der Waals surface area contributed by atoms with Crippen LogP contribution in [0.2, 0.25) is 0 Å². The first-order chi connectivity index (χ1) is 9.65. The van der Waals surface area contributed by atoms with E-state index >= 15 is 0 Å². The number of aryl methyl sites for hydroxylation is 1. The molecular formula is C17H21NO2. The number of allylic oxidation sites excluding steroid dienone is 2. The molecule has 1 fully saturated rings. The lowest BCUT2D eigenvalue weighted by atomic mass is 9.86. The van der Waals surface area contributed by atoms with Crippen molar-refractivity contribution in [1.29, 1.82) is 0 Å². The van der Waals surface area contributed by atoms with E-state index in [1.54, 1.807) is 0 Å². The lowest BCUT2D eigenvalue weighted by Gasteiger charge is -2.24. The van der Waals surface area contributed by atoms with Crippen molar-refractivity contribution >= 4 is 5.97 Å². The Hall–Kier alpha value is -1.61. The number of aliphatic carboxylic acids is 1. The van der Waals surface area contributed by atoms with Gasteiger partial charge in [0.15, 0.2) is 0 Å². The number of rotatable bonds is 3. The van der Waals surface area contributed by atoms with Gasteiger partial charge in [-0.2, -0.15) is 0 Å². The molecule has 2 aliphatic rings. The second kappa shape index (κ2) is 5.41. The van der Waals surface area contributed by atoms with Crippen molar-refractivity contribution in [1.82, 2.24) is 4.90 Å². The van der Waals surface area contributed by atoms with Crippen molar-refractivity contribution in [2.24, 2.45) is 11.8 Å². The van der Waals surface area contributed by atoms with Crippen LogP contribution >= 0.6 is 0 Å². The van der Waals surface area contributed by atoms with Crippen LogP contribution in [0.25, 0.3) is 0 Å². The highest BCUT2D eigenvalue weighted by Gasteiger charge is 2.39. The first kappa shape index (κ1) is 13.4. The standard InChI is InChI=1S/C17H21NO2/c1-12-6-8-13(9-7-12)16(17(19)20)18-10-14-4-2-3-5-15(14)11-18/h2-3,6-9,14-16H,4-5,10-11H2,1H3,(H,19,20)/t14-,15+,16?. The molecule has 3 heteroatoms. The minimum atomic E-state index is -0.736. The summed E-state index contributed by atoms with van der Waals surface area (Å²) < 4.78 is 0. The van der Waals surface area contributed by atoms with E-state index < -0.39 is 12.0 Å². The fourth-order valence-corrected chi connectivity index (χ4v) is 3.52. The smallest absolute Gasteiger partial charge is 0.325 e. The van der Waals surface area contributed by atoms with Gasteiger partial charge in [0.25, 0.3) is 0 Å². The third-order valence-electron chi connectivity index (χ3n) is 4.64. The molecule has 20 heavy (non-hydrogen) atoms. The largest absolute Gasteiger partial charge is 0.480 e. The monoisotopic (exact) mass is 271 g/mol. The Balaban J connectivity index is 1.82. The Morgan fingerprint density at radius 2 is 1.70 bits per heavy atom. The average Bonchev–Trinajstić information content (AvgIpc) is 2.84. The SMILES string of the molecule is Cc1ccc(C(C(=O)O)N2C[C@H]3CC=CC[C@H]3C2)cc1. The van der Waals surface area contributed by atoms with Crippen molar-refractivity contribution in [2.45, 2.75) is 25.8 Å². The number of benzene rings is 1. The molecule has 1 aromatic carbocycles. The van der Waals surface area contributed by atoms with Crippen molar-refractivity contribution < 1.29 is 9.90 Å². The van der Waals surface area contributed by atoms with Gasteiger partial charge >= 0.3 is 5.97 Å². The van der Waals surface area contributed by atoms with Gasteiger partial charge < -0.3 is 5.11 Å². The van der Waals surface area contributed by atoms with Crippen LogP contribution in [-0.4, -0.2) is 29.1 Å². The van der Waals surface area contributed by atoms with Gasteiger partial charge in [0.05, 0.1) is 0 Å². The Kier molecular flexibility index (Phi) is 3.62. The van der Waals surface area contributed by atoms with E-state index in [1.807, 2.05) is 31.2 Å². The van der Waals surface area contributed by atoms with Crippen LogP contribution < -0.4 is 0 Å². The molecule has 1 aliphatic heterocycles. The van der Waals surface area contributed by atoms with Crippen molar-refractivity contribution in [3.05, 3.63) is 47.5 Å². The molecule has 1 unspecified atom stereocenters. The number of fused-ring (bicyclic) bond motifs is 1. The molecule has 1 heterocycles. The summed E-state index contributed by atoms with van der Waals surface area (Å²) in [6.07, 6.45) is 6.68. The number of hydrogen-bond acceptors (Lipinski definition) is 2.